The molecule has 1 heterocycles. The van der Waals surface area contributed by atoms with Crippen LogP contribution in [0, 0.1) is 6.92 Å². The zero-order chi connectivity index (χ0) is 22.9. The van der Waals surface area contributed by atoms with Crippen molar-refractivity contribution in [3.05, 3.63) is 59.3 Å². The molecular weight excluding hydrogens is 428 g/mol. The molecule has 0 saturated carbocycles. The summed E-state index contributed by atoms with van der Waals surface area (Å²) in [5.74, 6) is -0.362. The van der Waals surface area contributed by atoms with Gasteiger partial charge < -0.3 is 9.72 Å². The third-order valence-electron chi connectivity index (χ3n) is 5.72. The number of nitrogens with zero attached hydrogens (tertiary/aromatic N) is 1. The Morgan fingerprint density at radius 3 is 2.62 bits per heavy atom. The van der Waals surface area contributed by atoms with Crippen LogP contribution in [0.25, 0.3) is 10.9 Å². The smallest absolute Gasteiger partial charge is 0.307 e. The van der Waals surface area contributed by atoms with Crippen LogP contribution in [-0.2, 0) is 26.0 Å². The van der Waals surface area contributed by atoms with Gasteiger partial charge in [-0.1, -0.05) is 18.2 Å². The van der Waals surface area contributed by atoms with Crippen molar-refractivity contribution in [2.75, 3.05) is 17.5 Å². The number of para-hydroxylation sites is 1. The van der Waals surface area contributed by atoms with Gasteiger partial charge in [-0.3, -0.25) is 13.9 Å². The normalized spacial score (nSPS) is 13.8. The van der Waals surface area contributed by atoms with E-state index in [1.54, 1.807) is 56.3 Å². The predicted octanol–water partition coefficient (Wildman–Crippen LogP) is 4.14. The van der Waals surface area contributed by atoms with Crippen LogP contribution < -0.4 is 4.31 Å². The lowest BCUT2D eigenvalue weighted by atomic mass is 9.94. The van der Waals surface area contributed by atoms with Crippen LogP contribution in [0.2, 0.25) is 0 Å². The SMILES string of the molecule is CCOC(=O)CCN(c1ccccc1)S(=O)(=O)c1cc2[nH]c3c(c2cc1C)C(=O)CCC3. The van der Waals surface area contributed by atoms with Crippen molar-refractivity contribution in [1.82, 2.24) is 4.98 Å². The van der Waals surface area contributed by atoms with Crippen LogP contribution >= 0.6 is 0 Å². The molecule has 8 heteroatoms. The Morgan fingerprint density at radius 1 is 1.16 bits per heavy atom. The van der Waals surface area contributed by atoms with Gasteiger partial charge in [0.2, 0.25) is 0 Å². The average Bonchev–Trinajstić information content (AvgIpc) is 3.12. The minimum atomic E-state index is -3.98. The molecule has 168 valence electrons. The number of H-pyrrole nitrogens is 1. The molecular formula is C24H26N2O5S. The largest absolute Gasteiger partial charge is 0.466 e. The third-order valence-corrected chi connectivity index (χ3v) is 7.69. The van der Waals surface area contributed by atoms with Gasteiger partial charge >= 0.3 is 5.97 Å². The van der Waals surface area contributed by atoms with Crippen LogP contribution in [-0.4, -0.2) is 38.3 Å². The first-order valence-corrected chi connectivity index (χ1v) is 12.2. The molecule has 0 saturated heterocycles. The van der Waals surface area contributed by atoms with Crippen LogP contribution in [0.3, 0.4) is 0 Å². The first-order valence-electron chi connectivity index (χ1n) is 10.7. The molecule has 1 aliphatic carbocycles. The zero-order valence-corrected chi connectivity index (χ0v) is 19.0. The van der Waals surface area contributed by atoms with Gasteiger partial charge in [-0.05, 0) is 56.5 Å². The quantitative estimate of drug-likeness (QED) is 0.541. The first-order chi connectivity index (χ1) is 15.3. The first kappa shape index (κ1) is 22.1. The monoisotopic (exact) mass is 454 g/mol. The number of anilines is 1. The minimum Gasteiger partial charge on any atom is -0.466 e. The van der Waals surface area contributed by atoms with Crippen molar-refractivity contribution in [3.63, 3.8) is 0 Å². The summed E-state index contributed by atoms with van der Waals surface area (Å²) >= 11 is 0. The molecule has 7 nitrogen and oxygen atoms in total. The van der Waals surface area contributed by atoms with Crippen molar-refractivity contribution < 1.29 is 22.7 Å². The number of carbonyl (C=O) groups is 2. The number of aromatic nitrogens is 1. The Morgan fingerprint density at radius 2 is 1.91 bits per heavy atom. The summed E-state index contributed by atoms with van der Waals surface area (Å²) in [7, 11) is -3.98. The Bertz CT molecular complexity index is 1280. The number of fused-ring (bicyclic) bond motifs is 3. The standard InChI is InChI=1S/C24H26N2O5S/c1-3-31-23(28)12-13-26(17-8-5-4-6-9-17)32(29,30)22-15-20-18(14-16(22)2)24-19(25-20)10-7-11-21(24)27/h4-6,8-9,14-15,25H,3,7,10-13H2,1-2H3. The fourth-order valence-corrected chi connectivity index (χ4v) is 5.95. The van der Waals surface area contributed by atoms with Crippen LogP contribution in [0.5, 0.6) is 0 Å². The molecule has 1 N–H and O–H groups in total. The molecule has 0 atom stereocenters. The van der Waals surface area contributed by atoms with Crippen LogP contribution in [0.1, 0.15) is 47.8 Å². The van der Waals surface area contributed by atoms with Crippen molar-refractivity contribution in [1.29, 1.82) is 0 Å². The highest BCUT2D eigenvalue weighted by molar-refractivity contribution is 7.92. The Hall–Kier alpha value is -3.13. The second kappa shape index (κ2) is 8.78. The summed E-state index contributed by atoms with van der Waals surface area (Å²) in [5.41, 5.74) is 3.20. The lowest BCUT2D eigenvalue weighted by molar-refractivity contribution is -0.142. The summed E-state index contributed by atoms with van der Waals surface area (Å²) in [6, 6.07) is 12.1. The third kappa shape index (κ3) is 4.02. The van der Waals surface area contributed by atoms with Gasteiger partial charge in [-0.2, -0.15) is 0 Å². The summed E-state index contributed by atoms with van der Waals surface area (Å²) in [4.78, 5) is 27.8. The molecule has 0 bridgehead atoms. The van der Waals surface area contributed by atoms with Crippen molar-refractivity contribution >= 4 is 38.4 Å². The Balaban J connectivity index is 1.79. The molecule has 0 unspecified atom stereocenters. The molecule has 1 aliphatic rings. The van der Waals surface area contributed by atoms with Gasteiger partial charge in [0, 0.05) is 35.1 Å². The number of hydrogen-bond acceptors (Lipinski definition) is 5. The molecule has 0 spiro atoms. The number of carbonyl (C=O) groups excluding carboxylic acids is 2. The van der Waals surface area contributed by atoms with E-state index < -0.39 is 16.0 Å². The van der Waals surface area contributed by atoms with Gasteiger partial charge in [0.25, 0.3) is 10.0 Å². The van der Waals surface area contributed by atoms with E-state index in [1.807, 2.05) is 0 Å². The topological polar surface area (TPSA) is 96.5 Å². The lowest BCUT2D eigenvalue weighted by Crippen LogP contribution is -2.33. The molecule has 0 amide bonds. The molecule has 4 rings (SSSR count). The van der Waals surface area contributed by atoms with Gasteiger partial charge in [0.15, 0.2) is 5.78 Å². The van der Waals surface area contributed by atoms with E-state index in [9.17, 15) is 18.0 Å². The number of aryl methyl sites for hydroxylation is 2. The Kier molecular flexibility index (Phi) is 6.06. The molecule has 0 aliphatic heterocycles. The van der Waals surface area contributed by atoms with E-state index >= 15 is 0 Å². The highest BCUT2D eigenvalue weighted by atomic mass is 32.2. The van der Waals surface area contributed by atoms with E-state index in [4.69, 9.17) is 4.74 Å². The van der Waals surface area contributed by atoms with Crippen LogP contribution in [0.4, 0.5) is 5.69 Å². The van der Waals surface area contributed by atoms with Gasteiger partial charge in [-0.25, -0.2) is 8.42 Å². The minimum absolute atomic E-state index is 0.0393. The fraction of sp³-hybridized carbons (Fsp3) is 0.333. The number of sulfonamides is 1. The maximum Gasteiger partial charge on any atom is 0.307 e. The number of Topliss-reactive ketones (excluding diaryl/α,β-unsaturated/α-hetero) is 1. The highest BCUT2D eigenvalue weighted by Crippen LogP contribution is 2.34. The van der Waals surface area contributed by atoms with Gasteiger partial charge in [0.05, 0.1) is 23.6 Å². The predicted molar refractivity (Wildman–Crippen MR) is 123 cm³/mol. The summed E-state index contributed by atoms with van der Waals surface area (Å²) in [6.45, 7) is 3.64. The van der Waals surface area contributed by atoms with Crippen molar-refractivity contribution in [2.45, 2.75) is 44.4 Å². The molecule has 32 heavy (non-hydrogen) atoms. The number of esters is 1. The van der Waals surface area contributed by atoms with E-state index in [-0.39, 0.29) is 30.3 Å². The van der Waals surface area contributed by atoms with Crippen molar-refractivity contribution in [3.8, 4) is 0 Å². The van der Waals surface area contributed by atoms with Crippen molar-refractivity contribution in [2.24, 2.45) is 0 Å². The maximum absolute atomic E-state index is 13.8. The van der Waals surface area contributed by atoms with Gasteiger partial charge in [0.1, 0.15) is 0 Å². The molecule has 2 aromatic carbocycles. The van der Waals surface area contributed by atoms with Crippen LogP contribution in [0.15, 0.2) is 47.4 Å². The summed E-state index contributed by atoms with van der Waals surface area (Å²) in [5, 5.41) is 0.763. The lowest BCUT2D eigenvalue weighted by Gasteiger charge is -2.25. The molecule has 1 aromatic heterocycles. The number of benzene rings is 2. The van der Waals surface area contributed by atoms with Gasteiger partial charge in [-0.15, -0.1) is 0 Å². The number of nitrogens with one attached hydrogen (secondary N) is 1. The number of rotatable bonds is 7. The average molecular weight is 455 g/mol. The van der Waals surface area contributed by atoms with E-state index in [1.165, 1.54) is 4.31 Å². The highest BCUT2D eigenvalue weighted by Gasteiger charge is 2.29. The van der Waals surface area contributed by atoms with E-state index in [2.05, 4.69) is 4.98 Å². The second-order valence-electron chi connectivity index (χ2n) is 7.89. The summed E-state index contributed by atoms with van der Waals surface area (Å²) < 4.78 is 33.8. The summed E-state index contributed by atoms with van der Waals surface area (Å²) in [6.07, 6.45) is 2.01. The Labute approximate surface area is 187 Å². The molecule has 3 aromatic rings. The zero-order valence-electron chi connectivity index (χ0n) is 18.2. The molecule has 0 radical (unpaired) electrons. The maximum atomic E-state index is 13.8. The second-order valence-corrected chi connectivity index (χ2v) is 9.72. The fourth-order valence-electron chi connectivity index (χ4n) is 4.25. The number of hydrogen-bond donors (Lipinski definition) is 1. The number of ketones is 1. The van der Waals surface area contributed by atoms with E-state index in [0.29, 0.717) is 28.8 Å². The number of ether oxygens (including phenoxy) is 1. The van der Waals surface area contributed by atoms with E-state index in [0.717, 1.165) is 23.9 Å². The number of aromatic amines is 1. The molecule has 0 fully saturated rings.